The number of hydrogen-bond acceptors (Lipinski definition) is 1. The summed E-state index contributed by atoms with van der Waals surface area (Å²) in [4.78, 5) is 2.92. The van der Waals surface area contributed by atoms with Crippen molar-refractivity contribution in [2.75, 3.05) is 0 Å². The Morgan fingerprint density at radius 3 is 2.73 bits per heavy atom. The molecular weight excluding hydrogens is 138 g/mol. The highest BCUT2D eigenvalue weighted by Crippen LogP contribution is 2.57. The molecule has 0 radical (unpaired) electrons. The smallest absolute Gasteiger partial charge is 0.0430 e. The zero-order valence-corrected chi connectivity index (χ0v) is 6.66. The van der Waals surface area contributed by atoms with Gasteiger partial charge in [0, 0.05) is 11.0 Å². The molecule has 0 aromatic heterocycles. The molecule has 2 rings (SSSR count). The molecule has 2 fully saturated rings. The average Bonchev–Trinajstić information content (AvgIpc) is 2.77. The number of nitrogens with zero attached hydrogens (tertiary/aromatic N) is 3. The van der Waals surface area contributed by atoms with E-state index in [4.69, 9.17) is 5.53 Å². The van der Waals surface area contributed by atoms with Crippen LogP contribution in [0.3, 0.4) is 0 Å². The van der Waals surface area contributed by atoms with Gasteiger partial charge in [0.15, 0.2) is 0 Å². The molecule has 0 amide bonds. The van der Waals surface area contributed by atoms with Gasteiger partial charge in [0.25, 0.3) is 0 Å². The Morgan fingerprint density at radius 2 is 2.09 bits per heavy atom. The van der Waals surface area contributed by atoms with Gasteiger partial charge in [0.05, 0.1) is 0 Å². The van der Waals surface area contributed by atoms with Crippen LogP contribution >= 0.6 is 0 Å². The van der Waals surface area contributed by atoms with E-state index < -0.39 is 0 Å². The lowest BCUT2D eigenvalue weighted by atomic mass is 9.82. The maximum atomic E-state index is 8.34. The van der Waals surface area contributed by atoms with E-state index >= 15 is 0 Å². The molecule has 0 saturated heterocycles. The molecule has 1 spiro atoms. The molecule has 1 unspecified atom stereocenters. The van der Waals surface area contributed by atoms with Gasteiger partial charge < -0.3 is 0 Å². The third-order valence-corrected chi connectivity index (χ3v) is 3.19. The fraction of sp³-hybridized carbons (Fsp3) is 1.00. The van der Waals surface area contributed by atoms with Crippen LogP contribution in [0.15, 0.2) is 5.11 Å². The third-order valence-electron chi connectivity index (χ3n) is 3.19. The highest BCUT2D eigenvalue weighted by molar-refractivity contribution is 5.04. The lowest BCUT2D eigenvalue weighted by molar-refractivity contribution is 0.285. The zero-order chi connectivity index (χ0) is 7.73. The third kappa shape index (κ3) is 1.10. The Kier molecular flexibility index (Phi) is 1.53. The lowest BCUT2D eigenvalue weighted by Crippen LogP contribution is -2.23. The molecule has 1 atom stereocenters. The van der Waals surface area contributed by atoms with Crippen LogP contribution in [-0.2, 0) is 0 Å². The predicted molar refractivity (Wildman–Crippen MR) is 43.1 cm³/mol. The standard InChI is InChI=1S/C8H13N3/c9-11-10-7-3-1-2-4-8(7)5-6-8/h7H,1-6H2. The monoisotopic (exact) mass is 151 g/mol. The largest absolute Gasteiger partial charge is 0.0900 e. The van der Waals surface area contributed by atoms with Crippen molar-refractivity contribution in [3.05, 3.63) is 10.4 Å². The van der Waals surface area contributed by atoms with Crippen LogP contribution in [0.4, 0.5) is 0 Å². The maximum absolute atomic E-state index is 8.34. The summed E-state index contributed by atoms with van der Waals surface area (Å²) >= 11 is 0. The van der Waals surface area contributed by atoms with Gasteiger partial charge in [-0.15, -0.1) is 0 Å². The molecule has 0 aliphatic heterocycles. The summed E-state index contributed by atoms with van der Waals surface area (Å²) in [5, 5.41) is 3.88. The Labute approximate surface area is 66.4 Å². The first-order valence-electron chi connectivity index (χ1n) is 4.42. The molecule has 0 aromatic carbocycles. The second kappa shape index (κ2) is 2.42. The first kappa shape index (κ1) is 6.99. The second-order valence-corrected chi connectivity index (χ2v) is 3.83. The molecule has 0 bridgehead atoms. The number of azide groups is 1. The van der Waals surface area contributed by atoms with Crippen molar-refractivity contribution >= 4 is 0 Å². The molecule has 2 aliphatic rings. The van der Waals surface area contributed by atoms with E-state index in [2.05, 4.69) is 10.0 Å². The van der Waals surface area contributed by atoms with E-state index in [0.29, 0.717) is 11.5 Å². The molecule has 60 valence electrons. The van der Waals surface area contributed by atoms with Crippen LogP contribution in [0.5, 0.6) is 0 Å². The van der Waals surface area contributed by atoms with Crippen LogP contribution < -0.4 is 0 Å². The van der Waals surface area contributed by atoms with Crippen LogP contribution in [0.2, 0.25) is 0 Å². The van der Waals surface area contributed by atoms with Crippen molar-refractivity contribution in [2.45, 2.75) is 44.6 Å². The van der Waals surface area contributed by atoms with E-state index in [1.165, 1.54) is 32.1 Å². The maximum Gasteiger partial charge on any atom is 0.0430 e. The number of rotatable bonds is 1. The van der Waals surface area contributed by atoms with Gasteiger partial charge >= 0.3 is 0 Å². The summed E-state index contributed by atoms with van der Waals surface area (Å²) < 4.78 is 0. The van der Waals surface area contributed by atoms with Gasteiger partial charge in [0.2, 0.25) is 0 Å². The minimum atomic E-state index is 0.334. The van der Waals surface area contributed by atoms with Crippen LogP contribution in [0, 0.1) is 5.41 Å². The van der Waals surface area contributed by atoms with Crippen molar-refractivity contribution in [3.63, 3.8) is 0 Å². The van der Waals surface area contributed by atoms with Crippen molar-refractivity contribution in [1.82, 2.24) is 0 Å². The summed E-state index contributed by atoms with van der Waals surface area (Å²) in [6.07, 6.45) is 7.64. The Hall–Kier alpha value is -0.690. The van der Waals surface area contributed by atoms with Gasteiger partial charge in [-0.05, 0) is 36.6 Å². The first-order valence-corrected chi connectivity index (χ1v) is 4.42. The average molecular weight is 151 g/mol. The normalized spacial score (nSPS) is 32.9. The molecule has 3 heteroatoms. The number of hydrogen-bond donors (Lipinski definition) is 0. The summed E-state index contributed by atoms with van der Waals surface area (Å²) in [5.74, 6) is 0. The Morgan fingerprint density at radius 1 is 1.27 bits per heavy atom. The molecule has 0 N–H and O–H groups in total. The van der Waals surface area contributed by atoms with E-state index in [-0.39, 0.29) is 0 Å². The molecule has 2 aliphatic carbocycles. The molecular formula is C8H13N3. The molecule has 0 heterocycles. The van der Waals surface area contributed by atoms with E-state index in [1.807, 2.05) is 0 Å². The molecule has 2 saturated carbocycles. The van der Waals surface area contributed by atoms with E-state index in [9.17, 15) is 0 Å². The Bertz CT molecular complexity index is 201. The minimum absolute atomic E-state index is 0.334. The van der Waals surface area contributed by atoms with Gasteiger partial charge in [-0.1, -0.05) is 18.0 Å². The van der Waals surface area contributed by atoms with Crippen molar-refractivity contribution in [1.29, 1.82) is 0 Å². The summed E-state index contributed by atoms with van der Waals surface area (Å²) in [6.45, 7) is 0. The van der Waals surface area contributed by atoms with Crippen LogP contribution in [0.25, 0.3) is 10.4 Å². The SMILES string of the molecule is [N-]=[N+]=NC1CCCCC12CC2. The van der Waals surface area contributed by atoms with Crippen LogP contribution in [0.1, 0.15) is 38.5 Å². The fourth-order valence-corrected chi connectivity index (χ4v) is 2.27. The Balaban J connectivity index is 2.10. The molecule has 0 aromatic rings. The topological polar surface area (TPSA) is 48.8 Å². The minimum Gasteiger partial charge on any atom is -0.0900 e. The van der Waals surface area contributed by atoms with Crippen LogP contribution in [-0.4, -0.2) is 6.04 Å². The van der Waals surface area contributed by atoms with Gasteiger partial charge in [-0.3, -0.25) is 0 Å². The van der Waals surface area contributed by atoms with Crippen molar-refractivity contribution in [2.24, 2.45) is 10.5 Å². The van der Waals surface area contributed by atoms with Gasteiger partial charge in [-0.25, -0.2) is 0 Å². The van der Waals surface area contributed by atoms with Crippen molar-refractivity contribution in [3.8, 4) is 0 Å². The quantitative estimate of drug-likeness (QED) is 0.314. The summed E-state index contributed by atoms with van der Waals surface area (Å²) in [5.41, 5.74) is 8.81. The van der Waals surface area contributed by atoms with E-state index in [1.54, 1.807) is 0 Å². The van der Waals surface area contributed by atoms with Crippen molar-refractivity contribution < 1.29 is 0 Å². The summed E-state index contributed by atoms with van der Waals surface area (Å²) in [6, 6.07) is 0.334. The predicted octanol–water partition coefficient (Wildman–Crippen LogP) is 3.02. The second-order valence-electron chi connectivity index (χ2n) is 3.83. The lowest BCUT2D eigenvalue weighted by Gasteiger charge is -2.27. The van der Waals surface area contributed by atoms with Gasteiger partial charge in [0.1, 0.15) is 0 Å². The van der Waals surface area contributed by atoms with E-state index in [0.717, 1.165) is 6.42 Å². The summed E-state index contributed by atoms with van der Waals surface area (Å²) in [7, 11) is 0. The fourth-order valence-electron chi connectivity index (χ4n) is 2.27. The highest BCUT2D eigenvalue weighted by Gasteiger charge is 2.49. The molecule has 3 nitrogen and oxygen atoms in total. The zero-order valence-electron chi connectivity index (χ0n) is 6.66. The molecule has 11 heavy (non-hydrogen) atoms. The first-order chi connectivity index (χ1) is 5.37. The highest BCUT2D eigenvalue weighted by atomic mass is 15.2. The van der Waals surface area contributed by atoms with Gasteiger partial charge in [-0.2, -0.15) is 0 Å².